The lowest BCUT2D eigenvalue weighted by atomic mass is 9.96. The minimum absolute atomic E-state index is 0.0532. The van der Waals surface area contributed by atoms with Gasteiger partial charge >= 0.3 is 0 Å². The van der Waals surface area contributed by atoms with E-state index in [4.69, 9.17) is 9.47 Å². The molecule has 7 nitrogen and oxygen atoms in total. The van der Waals surface area contributed by atoms with Crippen LogP contribution in [0.3, 0.4) is 0 Å². The van der Waals surface area contributed by atoms with Crippen LogP contribution in [-0.4, -0.2) is 55.0 Å². The van der Waals surface area contributed by atoms with Gasteiger partial charge in [0.15, 0.2) is 0 Å². The second-order valence-corrected chi connectivity index (χ2v) is 7.12. The van der Waals surface area contributed by atoms with Gasteiger partial charge in [0.25, 0.3) is 5.91 Å². The number of pyridine rings is 1. The van der Waals surface area contributed by atoms with E-state index in [-0.39, 0.29) is 12.5 Å². The van der Waals surface area contributed by atoms with E-state index in [9.17, 15) is 4.79 Å². The number of methoxy groups -OCH3 is 2. The second-order valence-electron chi connectivity index (χ2n) is 7.12. The van der Waals surface area contributed by atoms with Crippen LogP contribution in [0.1, 0.15) is 6.92 Å². The predicted octanol–water partition coefficient (Wildman–Crippen LogP) is 2.84. The fourth-order valence-corrected chi connectivity index (χ4v) is 3.74. The highest BCUT2D eigenvalue weighted by atomic mass is 16.5. The number of nitrogens with one attached hydrogen (secondary N) is 1. The number of anilines is 2. The molecule has 0 radical (unpaired) electrons. The summed E-state index contributed by atoms with van der Waals surface area (Å²) < 4.78 is 12.6. The molecule has 28 heavy (non-hydrogen) atoms. The van der Waals surface area contributed by atoms with Crippen molar-refractivity contribution in [3.8, 4) is 5.69 Å². The summed E-state index contributed by atoms with van der Waals surface area (Å²) in [6, 6.07) is 12.1. The van der Waals surface area contributed by atoms with Crippen molar-refractivity contribution in [3.63, 3.8) is 0 Å². The third kappa shape index (κ3) is 2.93. The molecule has 4 rings (SSSR count). The van der Waals surface area contributed by atoms with Crippen molar-refractivity contribution in [2.75, 3.05) is 44.2 Å². The third-order valence-electron chi connectivity index (χ3n) is 5.09. The van der Waals surface area contributed by atoms with Crippen molar-refractivity contribution in [1.82, 2.24) is 9.55 Å². The van der Waals surface area contributed by atoms with Crippen molar-refractivity contribution < 1.29 is 14.3 Å². The molecule has 1 aromatic carbocycles. The average molecular weight is 380 g/mol. The number of carbonyl (C=O) groups excluding carboxylic acids is 1. The Morgan fingerprint density at radius 2 is 1.93 bits per heavy atom. The van der Waals surface area contributed by atoms with Gasteiger partial charge in [-0.2, -0.15) is 0 Å². The number of para-hydroxylation sites is 1. The number of ether oxygens (including phenoxy) is 2. The molecule has 1 aliphatic rings. The quantitative estimate of drug-likeness (QED) is 0.712. The lowest BCUT2D eigenvalue weighted by Gasteiger charge is -2.41. The Labute approximate surface area is 163 Å². The highest BCUT2D eigenvalue weighted by Gasteiger charge is 2.43. The van der Waals surface area contributed by atoms with E-state index in [2.05, 4.69) is 10.3 Å². The number of benzene rings is 1. The highest BCUT2D eigenvalue weighted by Crippen LogP contribution is 2.40. The molecule has 3 aromatic rings. The summed E-state index contributed by atoms with van der Waals surface area (Å²) in [6.45, 7) is 3.02. The summed E-state index contributed by atoms with van der Waals surface area (Å²) in [7, 11) is 3.23. The molecule has 1 N–H and O–H groups in total. The zero-order valence-electron chi connectivity index (χ0n) is 16.3. The molecule has 3 heterocycles. The van der Waals surface area contributed by atoms with Crippen molar-refractivity contribution in [1.29, 1.82) is 0 Å². The monoisotopic (exact) mass is 380 g/mol. The summed E-state index contributed by atoms with van der Waals surface area (Å²) in [5.74, 6) is -0.0532. The maximum atomic E-state index is 13.2. The Kier molecular flexibility index (Phi) is 4.78. The molecule has 1 aliphatic heterocycles. The topological polar surface area (TPSA) is 68.6 Å². The average Bonchev–Trinajstić information content (AvgIpc) is 3.14. The Morgan fingerprint density at radius 3 is 2.64 bits per heavy atom. The Hall–Kier alpha value is -2.90. The molecule has 0 saturated carbocycles. The van der Waals surface area contributed by atoms with Gasteiger partial charge in [-0.3, -0.25) is 4.79 Å². The van der Waals surface area contributed by atoms with Gasteiger partial charge in [0.1, 0.15) is 11.2 Å². The standard InChI is InChI=1S/C21H24N4O3/c1-21(14-28-3)20(26)25(11-12-27-2)17-13-22-19-16(18(17)23-21)9-10-24(19)15-7-5-4-6-8-15/h4-10,13,23H,11-12,14H2,1-3H3/t21-/m0/s1. The maximum Gasteiger partial charge on any atom is 0.254 e. The number of rotatable bonds is 6. The zero-order chi connectivity index (χ0) is 19.7. The van der Waals surface area contributed by atoms with Crippen LogP contribution in [0, 0.1) is 0 Å². The molecule has 0 fully saturated rings. The van der Waals surface area contributed by atoms with Crippen LogP contribution in [0.15, 0.2) is 48.8 Å². The minimum Gasteiger partial charge on any atom is -0.383 e. The van der Waals surface area contributed by atoms with E-state index >= 15 is 0 Å². The number of nitrogens with zero attached hydrogens (tertiary/aromatic N) is 3. The summed E-state index contributed by atoms with van der Waals surface area (Å²) in [5.41, 5.74) is 2.65. The van der Waals surface area contributed by atoms with Crippen LogP contribution >= 0.6 is 0 Å². The lowest BCUT2D eigenvalue weighted by molar-refractivity contribution is -0.124. The number of aromatic nitrogens is 2. The highest BCUT2D eigenvalue weighted by molar-refractivity contribution is 6.12. The van der Waals surface area contributed by atoms with Gasteiger partial charge in [0, 0.05) is 38.0 Å². The van der Waals surface area contributed by atoms with Crippen LogP contribution in [0.5, 0.6) is 0 Å². The molecule has 1 amide bonds. The smallest absolute Gasteiger partial charge is 0.254 e. The summed E-state index contributed by atoms with van der Waals surface area (Å²) in [4.78, 5) is 19.6. The molecule has 0 bridgehead atoms. The molecule has 146 valence electrons. The maximum absolute atomic E-state index is 13.2. The normalized spacial score (nSPS) is 19.0. The number of carbonyl (C=O) groups is 1. The minimum atomic E-state index is -0.862. The van der Waals surface area contributed by atoms with Crippen LogP contribution in [0.2, 0.25) is 0 Å². The second kappa shape index (κ2) is 7.26. The third-order valence-corrected chi connectivity index (χ3v) is 5.09. The number of hydrogen-bond donors (Lipinski definition) is 1. The van der Waals surface area contributed by atoms with E-state index < -0.39 is 5.54 Å². The van der Waals surface area contributed by atoms with Gasteiger partial charge in [-0.15, -0.1) is 0 Å². The Bertz CT molecular complexity index is 1000. The zero-order valence-corrected chi connectivity index (χ0v) is 16.3. The SMILES string of the molecule is COCCN1C(=O)[C@](C)(COC)Nc2c1cnc1c2ccn1-c1ccccc1. The predicted molar refractivity (Wildman–Crippen MR) is 109 cm³/mol. The number of amides is 1. The summed E-state index contributed by atoms with van der Waals surface area (Å²) >= 11 is 0. The number of hydrogen-bond acceptors (Lipinski definition) is 5. The van der Waals surface area contributed by atoms with Gasteiger partial charge in [0.05, 0.1) is 30.8 Å². The van der Waals surface area contributed by atoms with E-state index in [1.165, 1.54) is 0 Å². The molecular formula is C21H24N4O3. The van der Waals surface area contributed by atoms with E-state index in [1.54, 1.807) is 25.3 Å². The fourth-order valence-electron chi connectivity index (χ4n) is 3.74. The molecule has 0 spiro atoms. The molecular weight excluding hydrogens is 356 g/mol. The molecule has 0 unspecified atom stereocenters. The first-order valence-corrected chi connectivity index (χ1v) is 9.22. The molecule has 2 aromatic heterocycles. The first kappa shape index (κ1) is 18.5. The van der Waals surface area contributed by atoms with Crippen molar-refractivity contribution in [2.24, 2.45) is 0 Å². The summed E-state index contributed by atoms with van der Waals surface area (Å²) in [6.07, 6.45) is 3.75. The molecule has 7 heteroatoms. The van der Waals surface area contributed by atoms with E-state index in [0.717, 1.165) is 28.1 Å². The lowest BCUT2D eigenvalue weighted by Crippen LogP contribution is -2.58. The fraction of sp³-hybridized carbons (Fsp3) is 0.333. The van der Waals surface area contributed by atoms with E-state index in [1.807, 2.05) is 54.1 Å². The van der Waals surface area contributed by atoms with Gasteiger partial charge < -0.3 is 24.3 Å². The van der Waals surface area contributed by atoms with Gasteiger partial charge in [-0.25, -0.2) is 4.98 Å². The van der Waals surface area contributed by atoms with E-state index in [0.29, 0.717) is 13.2 Å². The van der Waals surface area contributed by atoms with Crippen LogP contribution < -0.4 is 10.2 Å². The van der Waals surface area contributed by atoms with Gasteiger partial charge in [0.2, 0.25) is 0 Å². The van der Waals surface area contributed by atoms with Crippen molar-refractivity contribution in [2.45, 2.75) is 12.5 Å². The molecule has 0 saturated heterocycles. The molecule has 0 aliphatic carbocycles. The Balaban J connectivity index is 1.87. The largest absolute Gasteiger partial charge is 0.383 e. The van der Waals surface area contributed by atoms with Crippen molar-refractivity contribution >= 4 is 28.3 Å². The summed E-state index contributed by atoms with van der Waals surface area (Å²) in [5, 5.41) is 4.38. The van der Waals surface area contributed by atoms with Gasteiger partial charge in [-0.05, 0) is 25.1 Å². The first-order chi connectivity index (χ1) is 13.6. The number of fused-ring (bicyclic) bond motifs is 3. The first-order valence-electron chi connectivity index (χ1n) is 9.22. The van der Waals surface area contributed by atoms with Gasteiger partial charge in [-0.1, -0.05) is 18.2 Å². The van der Waals surface area contributed by atoms with Crippen LogP contribution in [-0.2, 0) is 14.3 Å². The Morgan fingerprint density at radius 1 is 1.14 bits per heavy atom. The molecule has 1 atom stereocenters. The van der Waals surface area contributed by atoms with Crippen LogP contribution in [0.25, 0.3) is 16.7 Å². The van der Waals surface area contributed by atoms with Crippen molar-refractivity contribution in [3.05, 3.63) is 48.8 Å². The van der Waals surface area contributed by atoms with Crippen LogP contribution in [0.4, 0.5) is 11.4 Å².